The number of carboxylic acids is 1. The van der Waals surface area contributed by atoms with Crippen LogP contribution in [0.4, 0.5) is 0 Å². The first-order chi connectivity index (χ1) is 3.77. The van der Waals surface area contributed by atoms with Gasteiger partial charge >= 0.3 is 43.7 Å². The Morgan fingerprint density at radius 3 is 2.67 bits per heavy atom. The van der Waals surface area contributed by atoms with Gasteiger partial charge in [-0.15, -0.1) is 0 Å². The maximum absolute atomic E-state index is 9.69. The molecule has 0 saturated heterocycles. The summed E-state index contributed by atoms with van der Waals surface area (Å²) in [6.45, 7) is -0.171. The van der Waals surface area contributed by atoms with Gasteiger partial charge in [0.2, 0.25) is 0 Å². The average molecular weight is 177 g/mol. The molecular weight excluding hydrogens is 169 g/mol. The molecule has 0 saturated carbocycles. The zero-order chi connectivity index (χ0) is 6.41. The van der Waals surface area contributed by atoms with E-state index in [1.165, 1.54) is 5.92 Å². The Balaban J connectivity index is 0. The Bertz CT molecular complexity index is 131. The van der Waals surface area contributed by atoms with Crippen molar-refractivity contribution in [1.29, 1.82) is 0 Å². The Kier molecular flexibility index (Phi) is 11.9. The molecule has 0 aliphatic heterocycles. The Hall–Kier alpha value is 0.660. The maximum atomic E-state index is 9.69. The van der Waals surface area contributed by atoms with E-state index in [1.807, 2.05) is 0 Å². The van der Waals surface area contributed by atoms with Crippen LogP contribution >= 0.6 is 8.08 Å². The Morgan fingerprint density at radius 2 is 2.33 bits per heavy atom. The van der Waals surface area contributed by atoms with E-state index in [0.29, 0.717) is 0 Å². The minimum absolute atomic E-state index is 0. The standard InChI is InChI=1S/C3H6NO3P.Ca.2H/c5-3(6)1-4-2-8-7;;;/h2,4,8H,1H2,(H,5,6);;;. The van der Waals surface area contributed by atoms with Crippen LogP contribution in [0.25, 0.3) is 0 Å². The third kappa shape index (κ3) is 12.0. The van der Waals surface area contributed by atoms with Crippen LogP contribution in [0.1, 0.15) is 0 Å². The number of carbonyl (C=O) groups is 1. The first-order valence-corrected chi connectivity index (χ1v) is 2.90. The molecule has 0 spiro atoms. The summed E-state index contributed by atoms with van der Waals surface area (Å²) in [7, 11) is -0.592. The zero-order valence-corrected chi connectivity index (χ0v) is 5.05. The van der Waals surface area contributed by atoms with Crippen molar-refractivity contribution in [2.75, 3.05) is 6.54 Å². The first-order valence-electron chi connectivity index (χ1n) is 1.92. The van der Waals surface area contributed by atoms with Gasteiger partial charge in [0.05, 0.1) is 14.6 Å². The molecule has 50 valence electrons. The van der Waals surface area contributed by atoms with Crippen LogP contribution in [-0.2, 0) is 9.36 Å². The number of hydrogen-bond donors (Lipinski definition) is 2. The van der Waals surface area contributed by atoms with Gasteiger partial charge in [-0.05, 0) is 0 Å². The van der Waals surface area contributed by atoms with E-state index < -0.39 is 14.1 Å². The molecule has 6 heteroatoms. The second-order valence-electron chi connectivity index (χ2n) is 1.04. The quantitative estimate of drug-likeness (QED) is 0.408. The van der Waals surface area contributed by atoms with Gasteiger partial charge in [-0.3, -0.25) is 14.7 Å². The average Bonchev–Trinajstić information content (AvgIpc) is 1.66. The Morgan fingerprint density at radius 1 is 1.78 bits per heavy atom. The van der Waals surface area contributed by atoms with Crippen LogP contribution in [0, 0.1) is 0 Å². The molecule has 1 unspecified atom stereocenters. The summed E-state index contributed by atoms with van der Waals surface area (Å²) in [4.78, 5) is 9.69. The van der Waals surface area contributed by atoms with Crippen molar-refractivity contribution < 1.29 is 14.5 Å². The van der Waals surface area contributed by atoms with Crippen molar-refractivity contribution in [3.05, 3.63) is 0 Å². The summed E-state index contributed by atoms with van der Waals surface area (Å²) in [6, 6.07) is 0. The van der Waals surface area contributed by atoms with Crippen LogP contribution in [0.3, 0.4) is 0 Å². The number of aliphatic carboxylic acids is 1. The van der Waals surface area contributed by atoms with Crippen LogP contribution in [0.15, 0.2) is 0 Å². The van der Waals surface area contributed by atoms with E-state index in [1.54, 1.807) is 0 Å². The SMILES string of the molecule is O=[PH]=CNCC(=O)O.[CaH2]. The summed E-state index contributed by atoms with van der Waals surface area (Å²) in [6.07, 6.45) is 0. The third-order valence-electron chi connectivity index (χ3n) is 0.414. The van der Waals surface area contributed by atoms with E-state index in [9.17, 15) is 9.36 Å². The molecule has 0 aromatic carbocycles. The first kappa shape index (κ1) is 12.3. The van der Waals surface area contributed by atoms with Gasteiger partial charge in [-0.1, -0.05) is 0 Å². The van der Waals surface area contributed by atoms with E-state index in [4.69, 9.17) is 5.11 Å². The molecule has 0 radical (unpaired) electrons. The van der Waals surface area contributed by atoms with E-state index >= 15 is 0 Å². The van der Waals surface area contributed by atoms with Gasteiger partial charge in [0.25, 0.3) is 0 Å². The van der Waals surface area contributed by atoms with E-state index in [0.717, 1.165) is 0 Å². The molecule has 2 N–H and O–H groups in total. The second-order valence-corrected chi connectivity index (χ2v) is 1.56. The zero-order valence-electron chi connectivity index (χ0n) is 4.05. The van der Waals surface area contributed by atoms with Crippen LogP contribution in [0.5, 0.6) is 0 Å². The van der Waals surface area contributed by atoms with Gasteiger partial charge in [0.1, 0.15) is 0 Å². The molecule has 0 aliphatic rings. The van der Waals surface area contributed by atoms with Crippen LogP contribution in [-0.4, -0.2) is 61.3 Å². The van der Waals surface area contributed by atoms with Gasteiger partial charge in [0, 0.05) is 5.92 Å². The molecule has 4 nitrogen and oxygen atoms in total. The summed E-state index contributed by atoms with van der Waals surface area (Å²) < 4.78 is 9.63. The van der Waals surface area contributed by atoms with Gasteiger partial charge in [-0.25, -0.2) is 0 Å². The summed E-state index contributed by atoms with van der Waals surface area (Å²) >= 11 is 0. The minimum atomic E-state index is -0.959. The number of nitrogens with one attached hydrogen (secondary N) is 1. The predicted octanol–water partition coefficient (Wildman–Crippen LogP) is -1.47. The molecule has 1 atom stereocenters. The van der Waals surface area contributed by atoms with Crippen LogP contribution in [0.2, 0.25) is 0 Å². The van der Waals surface area contributed by atoms with Crippen molar-refractivity contribution in [2.24, 2.45) is 0 Å². The summed E-state index contributed by atoms with van der Waals surface area (Å²) in [5.41, 5.74) is 0. The molecular formula is C3H8CaNO3P. The van der Waals surface area contributed by atoms with Crippen molar-refractivity contribution in [3.8, 4) is 0 Å². The molecule has 0 aliphatic carbocycles. The van der Waals surface area contributed by atoms with Gasteiger partial charge in [0.15, 0.2) is 0 Å². The molecule has 0 fully saturated rings. The summed E-state index contributed by atoms with van der Waals surface area (Å²) in [5.74, 6) is 0.230. The molecule has 0 rings (SSSR count). The monoisotopic (exact) mass is 177 g/mol. The molecule has 9 heavy (non-hydrogen) atoms. The van der Waals surface area contributed by atoms with Crippen LogP contribution < -0.4 is 5.32 Å². The fourth-order valence-corrected chi connectivity index (χ4v) is 0.365. The van der Waals surface area contributed by atoms with Crippen molar-refractivity contribution >= 4 is 57.7 Å². The Labute approximate surface area is 83.5 Å². The molecule has 0 aromatic rings. The van der Waals surface area contributed by atoms with E-state index in [2.05, 4.69) is 5.32 Å². The fourth-order valence-electron chi connectivity index (χ4n) is 0.180. The van der Waals surface area contributed by atoms with Crippen molar-refractivity contribution in [1.82, 2.24) is 5.32 Å². The van der Waals surface area contributed by atoms with Crippen molar-refractivity contribution in [3.63, 3.8) is 0 Å². The summed E-state index contributed by atoms with van der Waals surface area (Å²) in [5, 5.41) is 10.3. The fraction of sp³-hybridized carbons (Fsp3) is 0.333. The molecule has 0 bridgehead atoms. The predicted molar refractivity (Wildman–Crippen MR) is 39.2 cm³/mol. The van der Waals surface area contributed by atoms with E-state index in [-0.39, 0.29) is 44.3 Å². The number of carboxylic acid groups (broad SMARTS) is 1. The topological polar surface area (TPSA) is 66.4 Å². The van der Waals surface area contributed by atoms with Crippen molar-refractivity contribution in [2.45, 2.75) is 0 Å². The molecule has 0 heterocycles. The number of hydrogen-bond acceptors (Lipinski definition) is 2. The number of rotatable bonds is 3. The normalized spacial score (nSPS) is 8.00. The van der Waals surface area contributed by atoms with Gasteiger partial charge in [-0.2, -0.15) is 0 Å². The molecule has 0 aromatic heterocycles. The van der Waals surface area contributed by atoms with Gasteiger partial charge < -0.3 is 5.11 Å². The molecule has 0 amide bonds. The second kappa shape index (κ2) is 8.66. The third-order valence-corrected chi connectivity index (χ3v) is 0.736.